The van der Waals surface area contributed by atoms with Gasteiger partial charge in [0.05, 0.1) is 0 Å². The van der Waals surface area contributed by atoms with Crippen LogP contribution in [0, 0.1) is 5.92 Å². The zero-order valence-electron chi connectivity index (χ0n) is 12.6. The number of nitrogens with zero attached hydrogens (tertiary/aromatic N) is 2. The number of fused-ring (bicyclic) bond motifs is 4. The van der Waals surface area contributed by atoms with Gasteiger partial charge in [0.25, 0.3) is 5.56 Å². The topological polar surface area (TPSA) is 54.3 Å². The molecule has 1 amide bonds. The maximum Gasteiger partial charge on any atom is 0.250 e. The summed E-state index contributed by atoms with van der Waals surface area (Å²) in [5.41, 5.74) is 1.05. The summed E-state index contributed by atoms with van der Waals surface area (Å²) in [5.74, 6) is 0.249. The van der Waals surface area contributed by atoms with Gasteiger partial charge in [-0.1, -0.05) is 40.9 Å². The van der Waals surface area contributed by atoms with Crippen molar-refractivity contribution in [1.29, 1.82) is 0 Å². The highest BCUT2D eigenvalue weighted by atomic mass is 35.6. The molecule has 3 heterocycles. The number of carbonyl (C=O) groups is 1. The first kappa shape index (κ1) is 17.1. The Morgan fingerprint density at radius 1 is 1.30 bits per heavy atom. The van der Waals surface area contributed by atoms with E-state index in [1.165, 1.54) is 6.92 Å². The highest BCUT2D eigenvalue weighted by Crippen LogP contribution is 2.39. The van der Waals surface area contributed by atoms with E-state index in [1.807, 2.05) is 15.5 Å². The summed E-state index contributed by atoms with van der Waals surface area (Å²) in [7, 11) is 0. The lowest BCUT2D eigenvalue weighted by atomic mass is 9.83. The van der Waals surface area contributed by atoms with Crippen molar-refractivity contribution < 1.29 is 4.79 Å². The second kappa shape index (κ2) is 6.28. The highest BCUT2D eigenvalue weighted by molar-refractivity contribution is 6.68. The maximum atomic E-state index is 12.0. The average Bonchev–Trinajstić information content (AvgIpc) is 2.44. The zero-order chi connectivity index (χ0) is 16.8. The molecule has 2 bridgehead atoms. The largest absolute Gasteiger partial charge is 0.337 e. The van der Waals surface area contributed by atoms with Crippen LogP contribution in [-0.2, 0) is 11.3 Å². The number of hydrogen-bond acceptors (Lipinski definition) is 3. The lowest BCUT2D eigenvalue weighted by molar-refractivity contribution is -0.121. The zero-order valence-corrected chi connectivity index (χ0v) is 14.9. The number of rotatable bonds is 2. The lowest BCUT2D eigenvalue weighted by Crippen LogP contribution is -2.60. The third kappa shape index (κ3) is 3.53. The number of carbonyl (C=O) groups excluding carboxylic acids is 1. The summed E-state index contributed by atoms with van der Waals surface area (Å²) in [4.78, 5) is 25.5. The molecule has 2 aliphatic heterocycles. The Labute approximate surface area is 149 Å². The Morgan fingerprint density at radius 2 is 2.04 bits per heavy atom. The van der Waals surface area contributed by atoms with Gasteiger partial charge in [-0.25, -0.2) is 0 Å². The van der Waals surface area contributed by atoms with Gasteiger partial charge in [0.2, 0.25) is 9.70 Å². The van der Waals surface area contributed by atoms with E-state index < -0.39 is 9.96 Å². The van der Waals surface area contributed by atoms with Crippen LogP contribution in [0.5, 0.6) is 0 Å². The van der Waals surface area contributed by atoms with Crippen molar-refractivity contribution in [2.75, 3.05) is 13.1 Å². The predicted molar refractivity (Wildman–Crippen MR) is 91.0 cm³/mol. The molecule has 0 radical (unpaired) electrons. The van der Waals surface area contributed by atoms with E-state index in [-0.39, 0.29) is 17.4 Å². The van der Waals surface area contributed by atoms with Gasteiger partial charge < -0.3 is 9.88 Å². The van der Waals surface area contributed by atoms with Crippen LogP contribution >= 0.6 is 34.8 Å². The van der Waals surface area contributed by atoms with Gasteiger partial charge >= 0.3 is 0 Å². The molecule has 1 fully saturated rings. The molecule has 1 N–H and O–H groups in total. The van der Waals surface area contributed by atoms with Gasteiger partial charge in [0.15, 0.2) is 0 Å². The first-order chi connectivity index (χ1) is 10.8. The Balaban J connectivity index is 1.89. The first-order valence-electron chi connectivity index (χ1n) is 7.53. The number of aromatic nitrogens is 1. The summed E-state index contributed by atoms with van der Waals surface area (Å²) in [6, 6.07) is 5.35. The SMILES string of the molecule is CC(=O)NC(N1C[C@H]2C[C@@H](C1)c1cccc(=O)n1C2)C(Cl)(Cl)Cl. The van der Waals surface area contributed by atoms with Crippen molar-refractivity contribution in [3.63, 3.8) is 0 Å². The molecule has 5 nitrogen and oxygen atoms in total. The quantitative estimate of drug-likeness (QED) is 0.802. The number of pyridine rings is 1. The Morgan fingerprint density at radius 3 is 2.70 bits per heavy atom. The van der Waals surface area contributed by atoms with Crippen molar-refractivity contribution in [3.8, 4) is 0 Å². The fourth-order valence-corrected chi connectivity index (χ4v) is 4.29. The molecule has 23 heavy (non-hydrogen) atoms. The van der Waals surface area contributed by atoms with Crippen molar-refractivity contribution in [1.82, 2.24) is 14.8 Å². The summed E-state index contributed by atoms with van der Waals surface area (Å²) < 4.78 is 0.229. The van der Waals surface area contributed by atoms with Crippen molar-refractivity contribution >= 4 is 40.7 Å². The Kier molecular flexibility index (Phi) is 4.67. The van der Waals surface area contributed by atoms with Gasteiger partial charge in [-0.15, -0.1) is 0 Å². The molecular weight excluding hydrogens is 361 g/mol. The van der Waals surface area contributed by atoms with Crippen LogP contribution in [-0.4, -0.2) is 38.4 Å². The van der Waals surface area contributed by atoms with Gasteiger partial charge in [-0.2, -0.15) is 0 Å². The summed E-state index contributed by atoms with van der Waals surface area (Å²) in [6.07, 6.45) is 0.323. The summed E-state index contributed by atoms with van der Waals surface area (Å²) in [6.45, 7) is 3.38. The molecule has 1 saturated heterocycles. The molecular formula is C15H18Cl3N3O2. The standard InChI is InChI=1S/C15H18Cl3N3O2/c1-9(22)19-14(15(16,17)18)20-6-10-5-11(8-20)12-3-2-4-13(23)21(12)7-10/h2-4,10-11,14H,5-8H2,1H3,(H,19,22)/t10-,11+,14?/m1/s1. The van der Waals surface area contributed by atoms with E-state index in [1.54, 1.807) is 12.1 Å². The minimum absolute atomic E-state index is 0.0328. The summed E-state index contributed by atoms with van der Waals surface area (Å²) in [5, 5.41) is 2.74. The molecule has 0 aliphatic carbocycles. The Hall–Kier alpha value is -0.750. The van der Waals surface area contributed by atoms with E-state index in [0.717, 1.165) is 12.1 Å². The summed E-state index contributed by atoms with van der Waals surface area (Å²) >= 11 is 18.2. The van der Waals surface area contributed by atoms with Crippen LogP contribution in [0.15, 0.2) is 23.0 Å². The van der Waals surface area contributed by atoms with Crippen molar-refractivity contribution in [2.45, 2.75) is 35.8 Å². The minimum Gasteiger partial charge on any atom is -0.337 e. The van der Waals surface area contributed by atoms with E-state index in [9.17, 15) is 9.59 Å². The molecule has 2 aliphatic rings. The molecule has 3 atom stereocenters. The monoisotopic (exact) mass is 377 g/mol. The number of piperidine rings is 1. The van der Waals surface area contributed by atoms with Crippen LogP contribution in [0.25, 0.3) is 0 Å². The number of halogens is 3. The van der Waals surface area contributed by atoms with E-state index in [4.69, 9.17) is 34.8 Å². The third-order valence-electron chi connectivity index (χ3n) is 4.52. The molecule has 0 saturated carbocycles. The molecule has 1 unspecified atom stereocenters. The predicted octanol–water partition coefficient (Wildman–Crippen LogP) is 2.10. The number of nitrogens with one attached hydrogen (secondary N) is 1. The maximum absolute atomic E-state index is 12.0. The van der Waals surface area contributed by atoms with Gasteiger partial charge in [0, 0.05) is 44.2 Å². The minimum atomic E-state index is -1.62. The normalized spacial score (nSPS) is 25.6. The molecule has 0 aromatic carbocycles. The molecule has 1 aromatic heterocycles. The highest BCUT2D eigenvalue weighted by Gasteiger charge is 2.43. The fraction of sp³-hybridized carbons (Fsp3) is 0.600. The van der Waals surface area contributed by atoms with Gasteiger partial charge in [-0.05, 0) is 18.4 Å². The second-order valence-electron chi connectivity index (χ2n) is 6.30. The number of amides is 1. The first-order valence-corrected chi connectivity index (χ1v) is 8.66. The molecule has 0 spiro atoms. The smallest absolute Gasteiger partial charge is 0.250 e. The number of alkyl halides is 3. The van der Waals surface area contributed by atoms with Crippen LogP contribution in [0.4, 0.5) is 0 Å². The number of likely N-dealkylation sites (tertiary alicyclic amines) is 1. The van der Waals surface area contributed by atoms with Crippen LogP contribution in [0.3, 0.4) is 0 Å². The van der Waals surface area contributed by atoms with Crippen molar-refractivity contribution in [3.05, 3.63) is 34.2 Å². The van der Waals surface area contributed by atoms with E-state index >= 15 is 0 Å². The van der Waals surface area contributed by atoms with Crippen LogP contribution in [0.1, 0.15) is 25.0 Å². The second-order valence-corrected chi connectivity index (χ2v) is 8.67. The lowest BCUT2D eigenvalue weighted by Gasteiger charge is -2.47. The van der Waals surface area contributed by atoms with Gasteiger partial charge in [0.1, 0.15) is 6.17 Å². The molecule has 126 valence electrons. The van der Waals surface area contributed by atoms with Crippen molar-refractivity contribution in [2.24, 2.45) is 5.92 Å². The number of hydrogen-bond donors (Lipinski definition) is 1. The average molecular weight is 379 g/mol. The molecule has 1 aromatic rings. The molecule has 8 heteroatoms. The van der Waals surface area contributed by atoms with E-state index in [0.29, 0.717) is 25.6 Å². The van der Waals surface area contributed by atoms with Crippen LogP contribution in [0.2, 0.25) is 0 Å². The van der Waals surface area contributed by atoms with E-state index in [2.05, 4.69) is 5.32 Å². The molecule has 3 rings (SSSR count). The third-order valence-corrected chi connectivity index (χ3v) is 5.14. The Bertz CT molecular complexity index is 671. The van der Waals surface area contributed by atoms with Gasteiger partial charge in [-0.3, -0.25) is 14.5 Å². The fourth-order valence-electron chi connectivity index (χ4n) is 3.72. The van der Waals surface area contributed by atoms with Crippen LogP contribution < -0.4 is 10.9 Å².